The minimum Gasteiger partial charge on any atom is -0.464 e. The van der Waals surface area contributed by atoms with Crippen LogP contribution in [0.2, 0.25) is 0 Å². The predicted molar refractivity (Wildman–Crippen MR) is 155 cm³/mol. The van der Waals surface area contributed by atoms with Gasteiger partial charge in [0.25, 0.3) is 0 Å². The van der Waals surface area contributed by atoms with E-state index in [9.17, 15) is 4.79 Å². The predicted octanol–water partition coefficient (Wildman–Crippen LogP) is 5.68. The minimum atomic E-state index is -0.587. The van der Waals surface area contributed by atoms with Crippen LogP contribution in [0.5, 0.6) is 0 Å². The average Bonchev–Trinajstić information content (AvgIpc) is 3.77. The molecule has 8 nitrogen and oxygen atoms in total. The van der Waals surface area contributed by atoms with E-state index in [4.69, 9.17) is 27.9 Å². The zero-order chi connectivity index (χ0) is 28.7. The smallest absolute Gasteiger partial charge is 0.464 e. The van der Waals surface area contributed by atoms with Crippen molar-refractivity contribution in [3.63, 3.8) is 0 Å². The second-order valence-electron chi connectivity index (χ2n) is 13.7. The summed E-state index contributed by atoms with van der Waals surface area (Å²) in [5.41, 5.74) is 4.54. The maximum atomic E-state index is 13.3. The molecule has 0 radical (unpaired) electrons. The average molecular weight is 571 g/mol. The lowest BCUT2D eigenvalue weighted by atomic mass is 9.43. The zero-order valence-electron chi connectivity index (χ0n) is 24.5. The van der Waals surface area contributed by atoms with Crippen molar-refractivity contribution >= 4 is 24.2 Å². The number of benzene rings is 2. The quantitative estimate of drug-likeness (QED) is 0.381. The van der Waals surface area contributed by atoms with Crippen LogP contribution in [0.15, 0.2) is 53.1 Å². The largest absolute Gasteiger partial charge is 0.482 e. The molecule has 1 spiro atoms. The van der Waals surface area contributed by atoms with Gasteiger partial charge in [0.15, 0.2) is 0 Å². The van der Waals surface area contributed by atoms with E-state index in [0.717, 1.165) is 40.5 Å². The molecule has 3 aromatic rings. The molecule has 1 unspecified atom stereocenters. The fourth-order valence-electron chi connectivity index (χ4n) is 8.49. The molecule has 6 aliphatic rings. The monoisotopic (exact) mass is 571 g/mol. The molecule has 3 aliphatic carbocycles. The van der Waals surface area contributed by atoms with Gasteiger partial charge < -0.3 is 33.3 Å². The Morgan fingerprint density at radius 1 is 1.17 bits per heavy atom. The van der Waals surface area contributed by atoms with Crippen LogP contribution in [0.4, 0.5) is 4.79 Å². The van der Waals surface area contributed by atoms with E-state index < -0.39 is 19.2 Å². The summed E-state index contributed by atoms with van der Waals surface area (Å²) in [7, 11) is -0.587. The van der Waals surface area contributed by atoms with E-state index in [0.29, 0.717) is 38.1 Å². The minimum absolute atomic E-state index is 0.0150. The highest BCUT2D eigenvalue weighted by Gasteiger charge is 2.68. The number of hydrogen-bond donors (Lipinski definition) is 1. The molecule has 2 saturated heterocycles. The topological polar surface area (TPSA) is 88.4 Å². The van der Waals surface area contributed by atoms with E-state index in [1.54, 1.807) is 6.26 Å². The summed E-state index contributed by atoms with van der Waals surface area (Å²) < 4.78 is 36.8. The number of alkyl carbamates (subject to hydrolysis) is 1. The summed E-state index contributed by atoms with van der Waals surface area (Å²) in [4.78, 5) is 13.3. The van der Waals surface area contributed by atoms with Gasteiger partial charge in [0.05, 0.1) is 37.1 Å². The third-order valence-corrected chi connectivity index (χ3v) is 11.1. The first kappa shape index (κ1) is 26.8. The SMILES string of the molecule is CC1(C)[C@@H]2C[C@H]3OB([C@H](Cc4coc5ccccc45)NC(=O)OCc4ccc5c(c4)C4(CCOC4)OC5)O[C@@]3(C)[C@H]1C2. The Labute approximate surface area is 246 Å². The second kappa shape index (κ2) is 9.58. The number of fused-ring (bicyclic) bond motifs is 3. The third kappa shape index (κ3) is 4.08. The molecule has 1 aromatic heterocycles. The summed E-state index contributed by atoms with van der Waals surface area (Å²) in [5, 5.41) is 4.13. The van der Waals surface area contributed by atoms with Crippen molar-refractivity contribution in [3.8, 4) is 0 Å². The molecule has 9 heteroatoms. The first-order chi connectivity index (χ1) is 20.2. The van der Waals surface area contributed by atoms with Crippen molar-refractivity contribution in [1.82, 2.24) is 5.32 Å². The maximum absolute atomic E-state index is 13.3. The first-order valence-electron chi connectivity index (χ1n) is 15.3. The van der Waals surface area contributed by atoms with Crippen LogP contribution in [-0.4, -0.2) is 44.1 Å². The molecule has 220 valence electrons. The summed E-state index contributed by atoms with van der Waals surface area (Å²) in [6, 6.07) is 14.1. The van der Waals surface area contributed by atoms with Crippen molar-refractivity contribution in [2.24, 2.45) is 17.3 Å². The summed E-state index contributed by atoms with van der Waals surface area (Å²) in [6.45, 7) is 8.90. The molecule has 4 heterocycles. The van der Waals surface area contributed by atoms with Crippen LogP contribution in [0.25, 0.3) is 11.0 Å². The highest BCUT2D eigenvalue weighted by molar-refractivity contribution is 6.48. The molecule has 3 saturated carbocycles. The molecule has 9 rings (SSSR count). The molecule has 1 N–H and O–H groups in total. The number of carbonyl (C=O) groups excluding carboxylic acids is 1. The fraction of sp³-hybridized carbons (Fsp3) is 0.545. The number of hydrogen-bond acceptors (Lipinski definition) is 7. The van der Waals surface area contributed by atoms with Crippen molar-refractivity contribution in [1.29, 1.82) is 0 Å². The van der Waals surface area contributed by atoms with E-state index in [1.165, 1.54) is 12.0 Å². The van der Waals surface area contributed by atoms with Gasteiger partial charge in [-0.25, -0.2) is 4.79 Å². The lowest BCUT2D eigenvalue weighted by Crippen LogP contribution is -2.65. The van der Waals surface area contributed by atoms with Gasteiger partial charge >= 0.3 is 13.2 Å². The Bertz CT molecular complexity index is 1530. The summed E-state index contributed by atoms with van der Waals surface area (Å²) in [6.07, 6.45) is 4.77. The lowest BCUT2D eigenvalue weighted by Gasteiger charge is -2.64. The van der Waals surface area contributed by atoms with Crippen LogP contribution >= 0.6 is 0 Å². The zero-order valence-corrected chi connectivity index (χ0v) is 24.5. The maximum Gasteiger partial charge on any atom is 0.482 e. The molecular formula is C33H38BNO7. The van der Waals surface area contributed by atoms with Crippen molar-refractivity contribution in [2.45, 2.75) is 82.9 Å². The first-order valence-corrected chi connectivity index (χ1v) is 15.3. The fourth-order valence-corrected chi connectivity index (χ4v) is 8.49. The van der Waals surface area contributed by atoms with Gasteiger partial charge in [0, 0.05) is 18.4 Å². The summed E-state index contributed by atoms with van der Waals surface area (Å²) in [5.74, 6) is 0.622. The lowest BCUT2D eigenvalue weighted by molar-refractivity contribution is -0.199. The molecule has 1 amide bonds. The van der Waals surface area contributed by atoms with Gasteiger partial charge in [-0.1, -0.05) is 44.2 Å². The molecule has 3 aliphatic heterocycles. The Balaban J connectivity index is 1.00. The number of carbonyl (C=O) groups is 1. The standard InChI is InChI=1S/C33H38BNO7/c1-31(2)23-14-27(31)32(3)28(15-23)41-34(42-32)29(13-22-17-38-26-7-5-4-6-24(22)26)35-30(36)39-16-20-8-9-21-18-40-33(25(21)12-20)10-11-37-19-33/h4-9,12,17,23,27-29H,10-11,13-16,18-19H2,1-3H3,(H,35,36)/t23-,27-,28+,29-,32-,33?/m0/s1. The van der Waals surface area contributed by atoms with Gasteiger partial charge in [-0.05, 0) is 77.8 Å². The Hall–Kier alpha value is -2.85. The van der Waals surface area contributed by atoms with Gasteiger partial charge in [-0.2, -0.15) is 0 Å². The number of amides is 1. The highest BCUT2D eigenvalue weighted by Crippen LogP contribution is 2.65. The van der Waals surface area contributed by atoms with Crippen LogP contribution in [0.1, 0.15) is 62.3 Å². The van der Waals surface area contributed by atoms with E-state index >= 15 is 0 Å². The molecule has 2 aromatic carbocycles. The van der Waals surface area contributed by atoms with Crippen molar-refractivity contribution in [2.75, 3.05) is 13.2 Å². The number of para-hydroxylation sites is 1. The summed E-state index contributed by atoms with van der Waals surface area (Å²) >= 11 is 0. The molecule has 6 atom stereocenters. The van der Waals surface area contributed by atoms with E-state index in [1.807, 2.05) is 30.3 Å². The number of furan rings is 1. The highest BCUT2D eigenvalue weighted by atomic mass is 16.7. The normalized spacial score (nSPS) is 32.9. The number of nitrogens with one attached hydrogen (secondary N) is 1. The van der Waals surface area contributed by atoms with E-state index in [-0.39, 0.29) is 29.3 Å². The van der Waals surface area contributed by atoms with Gasteiger partial charge in [0.1, 0.15) is 17.8 Å². The number of rotatable bonds is 6. The van der Waals surface area contributed by atoms with Gasteiger partial charge in [0.2, 0.25) is 0 Å². The molecule has 42 heavy (non-hydrogen) atoms. The molecular weight excluding hydrogens is 533 g/mol. The van der Waals surface area contributed by atoms with Crippen molar-refractivity contribution < 1.29 is 32.7 Å². The second-order valence-corrected chi connectivity index (χ2v) is 13.7. The Morgan fingerprint density at radius 2 is 2.05 bits per heavy atom. The Morgan fingerprint density at radius 3 is 2.88 bits per heavy atom. The van der Waals surface area contributed by atoms with Gasteiger partial charge in [-0.3, -0.25) is 0 Å². The van der Waals surface area contributed by atoms with Crippen LogP contribution in [0.3, 0.4) is 0 Å². The van der Waals surface area contributed by atoms with Crippen LogP contribution < -0.4 is 5.32 Å². The van der Waals surface area contributed by atoms with E-state index in [2.05, 4.69) is 38.2 Å². The van der Waals surface area contributed by atoms with Gasteiger partial charge in [-0.15, -0.1) is 0 Å². The molecule has 2 bridgehead atoms. The third-order valence-electron chi connectivity index (χ3n) is 11.1. The number of ether oxygens (including phenoxy) is 3. The van der Waals surface area contributed by atoms with Crippen LogP contribution in [-0.2, 0) is 48.8 Å². The van der Waals surface area contributed by atoms with Crippen LogP contribution in [0, 0.1) is 17.3 Å². The van der Waals surface area contributed by atoms with Crippen molar-refractivity contribution in [3.05, 3.63) is 71.0 Å². The molecule has 5 fully saturated rings. The Kier molecular flexibility index (Phi) is 6.10.